The quantitative estimate of drug-likeness (QED) is 0.422. The third-order valence-corrected chi connectivity index (χ3v) is 4.37. The number of ether oxygens (including phenoxy) is 3. The second-order valence-corrected chi connectivity index (χ2v) is 7.44. The molecule has 31 heavy (non-hydrogen) atoms. The van der Waals surface area contributed by atoms with Crippen LogP contribution in [0.15, 0.2) is 36.4 Å². The molecular weight excluding hydrogens is 447 g/mol. The summed E-state index contributed by atoms with van der Waals surface area (Å²) in [5.74, 6) is -0.964. The van der Waals surface area contributed by atoms with Crippen LogP contribution in [0.4, 0.5) is 0 Å². The zero-order valence-electron chi connectivity index (χ0n) is 17.0. The van der Waals surface area contributed by atoms with E-state index in [0.717, 1.165) is 5.56 Å². The normalized spacial score (nSPS) is 11.4. The van der Waals surface area contributed by atoms with Crippen LogP contribution in [-0.4, -0.2) is 49.2 Å². The number of halogens is 2. The highest BCUT2D eigenvalue weighted by molar-refractivity contribution is 6.33. The number of aromatic nitrogens is 1. The Hall–Kier alpha value is -2.84. The summed E-state index contributed by atoms with van der Waals surface area (Å²) < 4.78 is 14.8. The fourth-order valence-corrected chi connectivity index (χ4v) is 3.11. The molecule has 0 saturated carbocycles. The van der Waals surface area contributed by atoms with E-state index in [2.05, 4.69) is 15.0 Å². The van der Waals surface area contributed by atoms with Crippen molar-refractivity contribution in [3.8, 4) is 5.75 Å². The molecule has 1 amide bonds. The van der Waals surface area contributed by atoms with Crippen LogP contribution in [0.3, 0.4) is 0 Å². The average Bonchev–Trinajstić information content (AvgIpc) is 2.70. The highest BCUT2D eigenvalue weighted by Crippen LogP contribution is 2.16. The van der Waals surface area contributed by atoms with Gasteiger partial charge in [0, 0.05) is 11.1 Å². The van der Waals surface area contributed by atoms with Crippen molar-refractivity contribution in [2.24, 2.45) is 0 Å². The van der Waals surface area contributed by atoms with E-state index in [9.17, 15) is 14.4 Å². The molecule has 0 saturated heterocycles. The number of hydrogen-bond acceptors (Lipinski definition) is 7. The lowest BCUT2D eigenvalue weighted by molar-refractivity contribution is -0.148. The molecule has 0 fully saturated rings. The number of nitrogens with one attached hydrogen (secondary N) is 1. The number of esters is 2. The standard InChI is InChI=1S/C21H22Cl2N2O6/c1-13(7-14-3-5-17(6-4-14)30-12-21(28)29-2)24-19(26)11-31-20(27)10-16-8-15(22)9-18(23)25-16/h3-6,8-9,13H,7,10-12H2,1-2H3,(H,24,26). The molecule has 1 heterocycles. The van der Waals surface area contributed by atoms with Gasteiger partial charge in [0.05, 0.1) is 19.2 Å². The summed E-state index contributed by atoms with van der Waals surface area (Å²) in [5.41, 5.74) is 1.31. The van der Waals surface area contributed by atoms with Crippen molar-refractivity contribution in [1.29, 1.82) is 0 Å². The molecule has 1 unspecified atom stereocenters. The van der Waals surface area contributed by atoms with Crippen molar-refractivity contribution in [1.82, 2.24) is 10.3 Å². The first-order valence-corrected chi connectivity index (χ1v) is 10.1. The Labute approximate surface area is 189 Å². The van der Waals surface area contributed by atoms with E-state index in [1.165, 1.54) is 19.2 Å². The zero-order valence-corrected chi connectivity index (χ0v) is 18.5. The Morgan fingerprint density at radius 2 is 1.77 bits per heavy atom. The van der Waals surface area contributed by atoms with Crippen molar-refractivity contribution in [2.75, 3.05) is 20.3 Å². The van der Waals surface area contributed by atoms with Gasteiger partial charge in [-0.1, -0.05) is 35.3 Å². The highest BCUT2D eigenvalue weighted by atomic mass is 35.5. The molecule has 0 aliphatic heterocycles. The van der Waals surface area contributed by atoms with Gasteiger partial charge in [-0.3, -0.25) is 9.59 Å². The first-order valence-electron chi connectivity index (χ1n) is 9.30. The maximum atomic E-state index is 12.0. The van der Waals surface area contributed by atoms with Crippen molar-refractivity contribution in [3.63, 3.8) is 0 Å². The summed E-state index contributed by atoms with van der Waals surface area (Å²) in [6.45, 7) is 1.26. The van der Waals surface area contributed by atoms with E-state index < -0.39 is 24.5 Å². The summed E-state index contributed by atoms with van der Waals surface area (Å²) in [5, 5.41) is 3.29. The van der Waals surface area contributed by atoms with E-state index in [1.54, 1.807) is 12.1 Å². The molecule has 1 N–H and O–H groups in total. The van der Waals surface area contributed by atoms with Crippen LogP contribution >= 0.6 is 23.2 Å². The lowest BCUT2D eigenvalue weighted by atomic mass is 10.1. The second kappa shape index (κ2) is 12.1. The minimum absolute atomic E-state index is 0.145. The van der Waals surface area contributed by atoms with E-state index >= 15 is 0 Å². The molecule has 0 radical (unpaired) electrons. The van der Waals surface area contributed by atoms with Gasteiger partial charge < -0.3 is 19.5 Å². The Bertz CT molecular complexity index is 900. The molecule has 8 nitrogen and oxygen atoms in total. The highest BCUT2D eigenvalue weighted by Gasteiger charge is 2.13. The Kier molecular flexibility index (Phi) is 9.55. The molecule has 2 rings (SSSR count). The van der Waals surface area contributed by atoms with E-state index in [4.69, 9.17) is 32.7 Å². The van der Waals surface area contributed by atoms with Gasteiger partial charge in [0.25, 0.3) is 5.91 Å². The van der Waals surface area contributed by atoms with Gasteiger partial charge in [-0.15, -0.1) is 0 Å². The van der Waals surface area contributed by atoms with Gasteiger partial charge in [0.15, 0.2) is 13.2 Å². The van der Waals surface area contributed by atoms with Gasteiger partial charge in [0.2, 0.25) is 0 Å². The van der Waals surface area contributed by atoms with Crippen molar-refractivity contribution in [2.45, 2.75) is 25.8 Å². The molecule has 166 valence electrons. The molecular formula is C21H22Cl2N2O6. The summed E-state index contributed by atoms with van der Waals surface area (Å²) in [7, 11) is 1.29. The lowest BCUT2D eigenvalue weighted by Gasteiger charge is -2.14. The molecule has 2 aromatic rings. The van der Waals surface area contributed by atoms with Gasteiger partial charge in [-0.25, -0.2) is 9.78 Å². The van der Waals surface area contributed by atoms with Crippen LogP contribution in [0.5, 0.6) is 5.75 Å². The topological polar surface area (TPSA) is 104 Å². The number of rotatable bonds is 10. The Morgan fingerprint density at radius 3 is 2.42 bits per heavy atom. The van der Waals surface area contributed by atoms with Crippen LogP contribution < -0.4 is 10.1 Å². The number of methoxy groups -OCH3 is 1. The van der Waals surface area contributed by atoms with E-state index in [0.29, 0.717) is 22.9 Å². The first-order chi connectivity index (χ1) is 14.7. The van der Waals surface area contributed by atoms with Crippen LogP contribution in [-0.2, 0) is 36.7 Å². The average molecular weight is 469 g/mol. The second-order valence-electron chi connectivity index (χ2n) is 6.62. The predicted octanol–water partition coefficient (Wildman–Crippen LogP) is 2.77. The van der Waals surface area contributed by atoms with Crippen molar-refractivity contribution < 1.29 is 28.6 Å². The third-order valence-electron chi connectivity index (χ3n) is 3.96. The third kappa shape index (κ3) is 9.23. The lowest BCUT2D eigenvalue weighted by Crippen LogP contribution is -2.37. The van der Waals surface area contributed by atoms with Gasteiger partial charge in [-0.2, -0.15) is 0 Å². The monoisotopic (exact) mass is 468 g/mol. The molecule has 1 atom stereocenters. The first kappa shape index (κ1) is 24.4. The fraction of sp³-hybridized carbons (Fsp3) is 0.333. The van der Waals surface area contributed by atoms with Crippen LogP contribution in [0.2, 0.25) is 10.2 Å². The number of nitrogens with zero attached hydrogens (tertiary/aromatic N) is 1. The summed E-state index contributed by atoms with van der Waals surface area (Å²) in [4.78, 5) is 39.0. The fourth-order valence-electron chi connectivity index (χ4n) is 2.60. The number of carbonyl (C=O) groups excluding carboxylic acids is 3. The maximum absolute atomic E-state index is 12.0. The smallest absolute Gasteiger partial charge is 0.343 e. The largest absolute Gasteiger partial charge is 0.482 e. The van der Waals surface area contributed by atoms with Crippen LogP contribution in [0, 0.1) is 0 Å². The van der Waals surface area contributed by atoms with Crippen molar-refractivity contribution >= 4 is 41.0 Å². The number of amides is 1. The Balaban J connectivity index is 1.72. The minimum atomic E-state index is -0.615. The molecule has 0 aliphatic carbocycles. The SMILES string of the molecule is COC(=O)COc1ccc(CC(C)NC(=O)COC(=O)Cc2cc(Cl)cc(Cl)n2)cc1. The minimum Gasteiger partial charge on any atom is -0.482 e. The number of carbonyl (C=O) groups is 3. The van der Waals surface area contributed by atoms with E-state index in [1.807, 2.05) is 19.1 Å². The summed E-state index contributed by atoms with van der Waals surface area (Å²) in [6.07, 6.45) is 0.412. The van der Waals surface area contributed by atoms with Gasteiger partial charge in [-0.05, 0) is 43.2 Å². The summed E-state index contributed by atoms with van der Waals surface area (Å²) in [6, 6.07) is 9.88. The molecule has 1 aromatic carbocycles. The number of hydrogen-bond donors (Lipinski definition) is 1. The molecule has 1 aromatic heterocycles. The summed E-state index contributed by atoms with van der Waals surface area (Å²) >= 11 is 11.7. The van der Waals surface area contributed by atoms with Crippen LogP contribution in [0.25, 0.3) is 0 Å². The number of pyridine rings is 1. The predicted molar refractivity (Wildman–Crippen MR) is 114 cm³/mol. The molecule has 0 spiro atoms. The van der Waals surface area contributed by atoms with Crippen molar-refractivity contribution in [3.05, 3.63) is 57.8 Å². The van der Waals surface area contributed by atoms with Crippen LogP contribution in [0.1, 0.15) is 18.2 Å². The van der Waals surface area contributed by atoms with Gasteiger partial charge >= 0.3 is 11.9 Å². The van der Waals surface area contributed by atoms with E-state index in [-0.39, 0.29) is 24.2 Å². The Morgan fingerprint density at radius 1 is 1.06 bits per heavy atom. The molecule has 0 bridgehead atoms. The number of benzene rings is 1. The molecule has 0 aliphatic rings. The maximum Gasteiger partial charge on any atom is 0.343 e. The van der Waals surface area contributed by atoms with Gasteiger partial charge in [0.1, 0.15) is 10.9 Å². The zero-order chi connectivity index (χ0) is 22.8. The molecule has 10 heteroatoms.